The van der Waals surface area contributed by atoms with Gasteiger partial charge in [-0.25, -0.2) is 0 Å². The van der Waals surface area contributed by atoms with Gasteiger partial charge in [0.15, 0.2) is 5.96 Å². The van der Waals surface area contributed by atoms with E-state index in [0.717, 1.165) is 38.2 Å². The number of nitrogens with one attached hydrogen (secondary N) is 1. The zero-order chi connectivity index (χ0) is 17.2. The second kappa shape index (κ2) is 12.5. The Morgan fingerprint density at radius 3 is 2.48 bits per heavy atom. The van der Waals surface area contributed by atoms with E-state index in [1.807, 2.05) is 7.05 Å². The minimum absolute atomic E-state index is 0. The molecule has 0 aliphatic carbocycles. The van der Waals surface area contributed by atoms with Gasteiger partial charge in [-0.15, -0.1) is 24.0 Å². The zero-order valence-corrected chi connectivity index (χ0v) is 18.0. The van der Waals surface area contributed by atoms with E-state index in [2.05, 4.69) is 46.5 Å². The molecule has 1 aliphatic rings. The average Bonchev–Trinajstić information content (AvgIpc) is 2.63. The third kappa shape index (κ3) is 7.92. The highest BCUT2D eigenvalue weighted by atomic mass is 127. The van der Waals surface area contributed by atoms with Crippen molar-refractivity contribution in [2.75, 3.05) is 41.0 Å². The van der Waals surface area contributed by atoms with Crippen LogP contribution in [0, 0.1) is 5.92 Å². The Kier molecular flexibility index (Phi) is 11.1. The van der Waals surface area contributed by atoms with Crippen LogP contribution in [0.3, 0.4) is 0 Å². The Labute approximate surface area is 169 Å². The standard InChI is InChI=1S/C19H31N3O2.HI/c1-20-19(22(2)11-8-16-9-12-24-13-10-16)21-14-17-4-6-18(7-5-17)15-23-3;/h4-7,16H,8-15H2,1-3H3,(H,20,21);1H. The number of hydrogen-bond acceptors (Lipinski definition) is 3. The first-order valence-corrected chi connectivity index (χ1v) is 8.79. The summed E-state index contributed by atoms with van der Waals surface area (Å²) in [6.45, 7) is 4.30. The Balaban J connectivity index is 0.00000312. The molecule has 0 bridgehead atoms. The molecule has 1 saturated heterocycles. The molecule has 0 radical (unpaired) electrons. The highest BCUT2D eigenvalue weighted by Gasteiger charge is 2.15. The van der Waals surface area contributed by atoms with Crippen molar-refractivity contribution in [1.82, 2.24) is 10.2 Å². The van der Waals surface area contributed by atoms with E-state index >= 15 is 0 Å². The van der Waals surface area contributed by atoms with Crippen molar-refractivity contribution in [2.45, 2.75) is 32.4 Å². The third-order valence-electron chi connectivity index (χ3n) is 4.57. The number of ether oxygens (including phenoxy) is 2. The van der Waals surface area contributed by atoms with E-state index in [0.29, 0.717) is 6.61 Å². The van der Waals surface area contributed by atoms with E-state index < -0.39 is 0 Å². The quantitative estimate of drug-likeness (QED) is 0.385. The molecule has 25 heavy (non-hydrogen) atoms. The summed E-state index contributed by atoms with van der Waals surface area (Å²) in [5.74, 6) is 1.73. The molecule has 0 spiro atoms. The van der Waals surface area contributed by atoms with E-state index in [-0.39, 0.29) is 24.0 Å². The molecule has 0 amide bonds. The molecule has 6 heteroatoms. The minimum Gasteiger partial charge on any atom is -0.381 e. The molecule has 5 nitrogen and oxygen atoms in total. The predicted octanol–water partition coefficient (Wildman–Crippen LogP) is 3.27. The smallest absolute Gasteiger partial charge is 0.193 e. The molecule has 0 atom stereocenters. The molecule has 1 N–H and O–H groups in total. The van der Waals surface area contributed by atoms with Crippen LogP contribution in [0.2, 0.25) is 0 Å². The number of methoxy groups -OCH3 is 1. The number of benzene rings is 1. The lowest BCUT2D eigenvalue weighted by Gasteiger charge is -2.26. The van der Waals surface area contributed by atoms with Crippen LogP contribution in [0.15, 0.2) is 29.3 Å². The van der Waals surface area contributed by atoms with Gasteiger partial charge in [0.25, 0.3) is 0 Å². The average molecular weight is 461 g/mol. The molecule has 0 unspecified atom stereocenters. The van der Waals surface area contributed by atoms with Gasteiger partial charge in [0.05, 0.1) is 6.61 Å². The van der Waals surface area contributed by atoms with Crippen LogP contribution in [-0.2, 0) is 22.6 Å². The summed E-state index contributed by atoms with van der Waals surface area (Å²) >= 11 is 0. The fourth-order valence-electron chi connectivity index (χ4n) is 3.00. The lowest BCUT2D eigenvalue weighted by atomic mass is 9.96. The number of halogens is 1. The maximum Gasteiger partial charge on any atom is 0.193 e. The Morgan fingerprint density at radius 2 is 1.88 bits per heavy atom. The van der Waals surface area contributed by atoms with Crippen molar-refractivity contribution in [3.05, 3.63) is 35.4 Å². The van der Waals surface area contributed by atoms with E-state index in [4.69, 9.17) is 9.47 Å². The Hall–Kier alpha value is -0.860. The summed E-state index contributed by atoms with van der Waals surface area (Å²) in [5, 5.41) is 3.44. The SMILES string of the molecule is CN=C(NCc1ccc(COC)cc1)N(C)CCC1CCOCC1.I. The molecular formula is C19H32IN3O2. The lowest BCUT2D eigenvalue weighted by Crippen LogP contribution is -2.39. The first-order valence-electron chi connectivity index (χ1n) is 8.79. The van der Waals surface area contributed by atoms with Gasteiger partial charge >= 0.3 is 0 Å². The molecule has 1 aliphatic heterocycles. The summed E-state index contributed by atoms with van der Waals surface area (Å²) in [7, 11) is 5.67. The maximum atomic E-state index is 5.43. The molecule has 1 aromatic rings. The summed E-state index contributed by atoms with van der Waals surface area (Å²) < 4.78 is 10.6. The van der Waals surface area contributed by atoms with Crippen molar-refractivity contribution < 1.29 is 9.47 Å². The van der Waals surface area contributed by atoms with Crippen LogP contribution in [0.25, 0.3) is 0 Å². The summed E-state index contributed by atoms with van der Waals surface area (Å²) in [6, 6.07) is 8.49. The summed E-state index contributed by atoms with van der Waals surface area (Å²) in [6.07, 6.45) is 3.58. The number of aliphatic imine (C=N–C) groups is 1. The largest absolute Gasteiger partial charge is 0.381 e. The lowest BCUT2D eigenvalue weighted by molar-refractivity contribution is 0.0625. The molecular weight excluding hydrogens is 429 g/mol. The normalized spacial score (nSPS) is 15.6. The monoisotopic (exact) mass is 461 g/mol. The number of hydrogen-bond donors (Lipinski definition) is 1. The predicted molar refractivity (Wildman–Crippen MR) is 114 cm³/mol. The molecule has 1 fully saturated rings. The topological polar surface area (TPSA) is 46.1 Å². The van der Waals surface area contributed by atoms with E-state index in [1.54, 1.807) is 7.11 Å². The van der Waals surface area contributed by atoms with E-state index in [9.17, 15) is 0 Å². The maximum absolute atomic E-state index is 5.43. The van der Waals surface area contributed by atoms with Gasteiger partial charge in [0.2, 0.25) is 0 Å². The number of nitrogens with zero attached hydrogens (tertiary/aromatic N) is 2. The van der Waals surface area contributed by atoms with Gasteiger partial charge in [0, 0.05) is 47.5 Å². The first-order chi connectivity index (χ1) is 11.7. The Bertz CT molecular complexity index is 502. The van der Waals surface area contributed by atoms with Crippen molar-refractivity contribution >= 4 is 29.9 Å². The van der Waals surface area contributed by atoms with Crippen LogP contribution >= 0.6 is 24.0 Å². The van der Waals surface area contributed by atoms with Crippen molar-refractivity contribution in [3.63, 3.8) is 0 Å². The van der Waals surface area contributed by atoms with Gasteiger partial charge in [-0.1, -0.05) is 24.3 Å². The molecule has 0 saturated carbocycles. The number of rotatable bonds is 7. The minimum atomic E-state index is 0. The second-order valence-electron chi connectivity index (χ2n) is 6.42. The van der Waals surface area contributed by atoms with Crippen LogP contribution < -0.4 is 5.32 Å². The number of guanidine groups is 1. The fraction of sp³-hybridized carbons (Fsp3) is 0.632. The fourth-order valence-corrected chi connectivity index (χ4v) is 3.00. The van der Waals surface area contributed by atoms with Crippen LogP contribution in [-0.4, -0.2) is 51.8 Å². The Morgan fingerprint density at radius 1 is 1.24 bits per heavy atom. The van der Waals surface area contributed by atoms with Gasteiger partial charge in [-0.3, -0.25) is 4.99 Å². The van der Waals surface area contributed by atoms with Crippen LogP contribution in [0.1, 0.15) is 30.4 Å². The van der Waals surface area contributed by atoms with Crippen LogP contribution in [0.5, 0.6) is 0 Å². The first kappa shape index (κ1) is 22.2. The molecule has 1 aromatic carbocycles. The van der Waals surface area contributed by atoms with Gasteiger partial charge < -0.3 is 19.7 Å². The summed E-state index contributed by atoms with van der Waals surface area (Å²) in [4.78, 5) is 6.62. The molecule has 0 aromatic heterocycles. The zero-order valence-electron chi connectivity index (χ0n) is 15.7. The van der Waals surface area contributed by atoms with Gasteiger partial charge in [0.1, 0.15) is 0 Å². The molecule has 1 heterocycles. The van der Waals surface area contributed by atoms with Crippen molar-refractivity contribution in [3.8, 4) is 0 Å². The van der Waals surface area contributed by atoms with Gasteiger partial charge in [-0.2, -0.15) is 0 Å². The highest BCUT2D eigenvalue weighted by molar-refractivity contribution is 14.0. The van der Waals surface area contributed by atoms with E-state index in [1.165, 1.54) is 30.4 Å². The van der Waals surface area contributed by atoms with Crippen molar-refractivity contribution in [1.29, 1.82) is 0 Å². The summed E-state index contributed by atoms with van der Waals surface area (Å²) in [5.41, 5.74) is 2.44. The molecule has 2 rings (SSSR count). The van der Waals surface area contributed by atoms with Crippen LogP contribution in [0.4, 0.5) is 0 Å². The third-order valence-corrected chi connectivity index (χ3v) is 4.57. The van der Waals surface area contributed by atoms with Gasteiger partial charge in [-0.05, 0) is 36.3 Å². The second-order valence-corrected chi connectivity index (χ2v) is 6.42. The van der Waals surface area contributed by atoms with Crippen molar-refractivity contribution in [2.24, 2.45) is 10.9 Å². The highest BCUT2D eigenvalue weighted by Crippen LogP contribution is 2.18. The molecule has 142 valence electrons.